The third-order valence-corrected chi connectivity index (χ3v) is 1.66. The van der Waals surface area contributed by atoms with E-state index in [0.29, 0.717) is 0 Å². The molecule has 0 bridgehead atoms. The van der Waals surface area contributed by atoms with Gasteiger partial charge in [0, 0.05) is 5.56 Å². The summed E-state index contributed by atoms with van der Waals surface area (Å²) in [6.45, 7) is 3.45. The fourth-order valence-electron chi connectivity index (χ4n) is 1.01. The summed E-state index contributed by atoms with van der Waals surface area (Å²) in [5.74, 6) is 0. The summed E-state index contributed by atoms with van der Waals surface area (Å²) < 4.78 is 37.5. The molecule has 0 aliphatic carbocycles. The lowest BCUT2D eigenvalue weighted by Gasteiger charge is -2.08. The quantitative estimate of drug-likeness (QED) is 0.576. The van der Waals surface area contributed by atoms with Gasteiger partial charge in [0.15, 0.2) is 0 Å². The van der Waals surface area contributed by atoms with Gasteiger partial charge in [0.2, 0.25) is 0 Å². The van der Waals surface area contributed by atoms with Crippen molar-refractivity contribution in [1.29, 1.82) is 0 Å². The van der Waals surface area contributed by atoms with Gasteiger partial charge in [-0.25, -0.2) is 0 Å². The van der Waals surface area contributed by atoms with Gasteiger partial charge in [0.1, 0.15) is 12.3 Å². The lowest BCUT2D eigenvalue weighted by atomic mass is 10.1. The van der Waals surface area contributed by atoms with E-state index in [0.717, 1.165) is 6.07 Å². The molecule has 0 saturated heterocycles. The highest BCUT2D eigenvalue weighted by atomic mass is 19.4. The van der Waals surface area contributed by atoms with E-state index in [1.54, 1.807) is 13.8 Å². The highest BCUT2D eigenvalue weighted by Gasteiger charge is 2.32. The number of alkyl halides is 3. The van der Waals surface area contributed by atoms with Crippen molar-refractivity contribution >= 4 is 6.21 Å². The zero-order valence-corrected chi connectivity index (χ0v) is 8.88. The average Bonchev–Trinajstić information content (AvgIpc) is 2.16. The Morgan fingerprint density at radius 1 is 1.25 bits per heavy atom. The molecule has 1 aromatic rings. The Hall–Kier alpha value is -1.52. The van der Waals surface area contributed by atoms with Gasteiger partial charge in [-0.1, -0.05) is 23.4 Å². The van der Waals surface area contributed by atoms with Crippen LogP contribution in [-0.4, -0.2) is 12.3 Å². The van der Waals surface area contributed by atoms with Gasteiger partial charge < -0.3 is 4.84 Å². The Kier molecular flexibility index (Phi) is 3.93. The van der Waals surface area contributed by atoms with E-state index < -0.39 is 11.7 Å². The maximum absolute atomic E-state index is 12.5. The number of halogens is 3. The number of hydrogen-bond acceptors (Lipinski definition) is 2. The molecule has 5 heteroatoms. The zero-order chi connectivity index (χ0) is 12.2. The van der Waals surface area contributed by atoms with Gasteiger partial charge in [0.05, 0.1) is 5.56 Å². The maximum atomic E-state index is 12.5. The molecule has 0 fully saturated rings. The Balaban J connectivity index is 2.92. The van der Waals surface area contributed by atoms with Crippen LogP contribution < -0.4 is 0 Å². The second kappa shape index (κ2) is 5.01. The van der Waals surface area contributed by atoms with Gasteiger partial charge in [-0.2, -0.15) is 13.2 Å². The molecule has 2 nitrogen and oxygen atoms in total. The molecule has 16 heavy (non-hydrogen) atoms. The number of benzene rings is 1. The van der Waals surface area contributed by atoms with E-state index in [4.69, 9.17) is 4.84 Å². The summed E-state index contributed by atoms with van der Waals surface area (Å²) in [6.07, 6.45) is -2.36. The van der Waals surface area contributed by atoms with E-state index in [1.165, 1.54) is 18.2 Å². The van der Waals surface area contributed by atoms with Crippen molar-refractivity contribution in [2.75, 3.05) is 0 Å². The van der Waals surface area contributed by atoms with Gasteiger partial charge in [0.25, 0.3) is 0 Å². The summed E-state index contributed by atoms with van der Waals surface area (Å²) in [7, 11) is 0. The van der Waals surface area contributed by atoms with Crippen molar-refractivity contribution in [3.05, 3.63) is 35.4 Å². The van der Waals surface area contributed by atoms with Crippen LogP contribution in [0.4, 0.5) is 13.2 Å². The molecular formula is C11H11F3NO. The van der Waals surface area contributed by atoms with Crippen LogP contribution in [0.25, 0.3) is 0 Å². The normalized spacial score (nSPS) is 12.4. The monoisotopic (exact) mass is 230 g/mol. The first kappa shape index (κ1) is 12.5. The fraction of sp³-hybridized carbons (Fsp3) is 0.364. The SMILES string of the molecule is CC(C)O/N=[C]/c1ccccc1C(F)(F)F. The molecule has 0 unspecified atom stereocenters. The smallest absolute Gasteiger partial charge is 0.393 e. The van der Waals surface area contributed by atoms with E-state index in [1.807, 2.05) is 0 Å². The molecule has 1 radical (unpaired) electrons. The molecule has 87 valence electrons. The Morgan fingerprint density at radius 2 is 1.88 bits per heavy atom. The molecule has 0 aromatic heterocycles. The third-order valence-electron chi connectivity index (χ3n) is 1.66. The number of hydrogen-bond donors (Lipinski definition) is 0. The molecule has 0 aliphatic heterocycles. The number of nitrogens with zero attached hydrogens (tertiary/aromatic N) is 1. The minimum atomic E-state index is -4.41. The van der Waals surface area contributed by atoms with Crippen molar-refractivity contribution in [3.8, 4) is 0 Å². The van der Waals surface area contributed by atoms with Gasteiger partial charge >= 0.3 is 6.18 Å². The average molecular weight is 230 g/mol. The maximum Gasteiger partial charge on any atom is 0.417 e. The van der Waals surface area contributed by atoms with Crippen molar-refractivity contribution < 1.29 is 18.0 Å². The van der Waals surface area contributed by atoms with Gasteiger partial charge in [-0.3, -0.25) is 0 Å². The summed E-state index contributed by atoms with van der Waals surface area (Å²) in [6, 6.07) is 5.07. The molecule has 0 heterocycles. The van der Waals surface area contributed by atoms with Crippen LogP contribution >= 0.6 is 0 Å². The molecule has 0 aliphatic rings. The second-order valence-corrected chi connectivity index (χ2v) is 3.40. The zero-order valence-electron chi connectivity index (χ0n) is 8.88. The van der Waals surface area contributed by atoms with Gasteiger partial charge in [-0.15, -0.1) is 0 Å². The standard InChI is InChI=1S/C11H11F3NO/c1-8(2)16-15-7-9-5-3-4-6-10(9)11(12,13)14/h3-6,8H,1-2H3. The third kappa shape index (κ3) is 3.56. The van der Waals surface area contributed by atoms with Crippen LogP contribution in [0, 0.1) is 0 Å². The Bertz CT molecular complexity index is 372. The number of rotatable bonds is 3. The Labute approximate surface area is 91.7 Å². The topological polar surface area (TPSA) is 21.6 Å². The van der Waals surface area contributed by atoms with Crippen molar-refractivity contribution in [1.82, 2.24) is 0 Å². The summed E-state index contributed by atoms with van der Waals surface area (Å²) >= 11 is 0. The van der Waals surface area contributed by atoms with Crippen molar-refractivity contribution in [2.24, 2.45) is 5.16 Å². The molecular weight excluding hydrogens is 219 g/mol. The Morgan fingerprint density at radius 3 is 2.44 bits per heavy atom. The minimum Gasteiger partial charge on any atom is -0.393 e. The first-order chi connectivity index (χ1) is 7.41. The molecule has 1 rings (SSSR count). The lowest BCUT2D eigenvalue weighted by Crippen LogP contribution is -2.08. The first-order valence-corrected chi connectivity index (χ1v) is 4.69. The molecule has 0 N–H and O–H groups in total. The van der Waals surface area contributed by atoms with Crippen LogP contribution in [0.2, 0.25) is 0 Å². The van der Waals surface area contributed by atoms with Crippen LogP contribution in [0.15, 0.2) is 29.4 Å². The summed E-state index contributed by atoms with van der Waals surface area (Å²) in [4.78, 5) is 4.76. The van der Waals surface area contributed by atoms with Crippen molar-refractivity contribution in [3.63, 3.8) is 0 Å². The van der Waals surface area contributed by atoms with Crippen LogP contribution in [0.5, 0.6) is 0 Å². The van der Waals surface area contributed by atoms with E-state index in [-0.39, 0.29) is 11.7 Å². The van der Waals surface area contributed by atoms with Crippen LogP contribution in [0.3, 0.4) is 0 Å². The molecule has 0 spiro atoms. The fourth-order valence-corrected chi connectivity index (χ4v) is 1.01. The molecule has 0 amide bonds. The largest absolute Gasteiger partial charge is 0.417 e. The second-order valence-electron chi connectivity index (χ2n) is 3.40. The molecule has 1 aromatic carbocycles. The van der Waals surface area contributed by atoms with Crippen LogP contribution in [-0.2, 0) is 11.0 Å². The van der Waals surface area contributed by atoms with E-state index in [9.17, 15) is 13.2 Å². The van der Waals surface area contributed by atoms with E-state index >= 15 is 0 Å². The van der Waals surface area contributed by atoms with Gasteiger partial charge in [-0.05, 0) is 19.9 Å². The minimum absolute atomic E-state index is 0.129. The summed E-state index contributed by atoms with van der Waals surface area (Å²) in [5.41, 5.74) is -0.901. The van der Waals surface area contributed by atoms with Crippen molar-refractivity contribution in [2.45, 2.75) is 26.1 Å². The molecule has 0 saturated carbocycles. The predicted octanol–water partition coefficient (Wildman–Crippen LogP) is 3.34. The van der Waals surface area contributed by atoms with E-state index in [2.05, 4.69) is 11.4 Å². The molecule has 0 atom stereocenters. The lowest BCUT2D eigenvalue weighted by molar-refractivity contribution is -0.137. The highest BCUT2D eigenvalue weighted by molar-refractivity contribution is 5.81. The first-order valence-electron chi connectivity index (χ1n) is 4.69. The summed E-state index contributed by atoms with van der Waals surface area (Å²) in [5, 5.41) is 3.37. The highest BCUT2D eigenvalue weighted by Crippen LogP contribution is 2.31. The predicted molar refractivity (Wildman–Crippen MR) is 54.2 cm³/mol. The van der Waals surface area contributed by atoms with Crippen LogP contribution in [0.1, 0.15) is 25.0 Å².